The molecule has 0 saturated heterocycles. The summed E-state index contributed by atoms with van der Waals surface area (Å²) in [6.07, 6.45) is -1.03. The minimum absolute atomic E-state index is 0.119. The zero-order valence-electron chi connectivity index (χ0n) is 18.5. The summed E-state index contributed by atoms with van der Waals surface area (Å²) in [5.74, 6) is -0.417. The van der Waals surface area contributed by atoms with Crippen LogP contribution in [0.15, 0.2) is 36.4 Å². The van der Waals surface area contributed by atoms with Crippen molar-refractivity contribution in [2.24, 2.45) is 5.92 Å². The second kappa shape index (κ2) is 10.5. The molecule has 0 fully saturated rings. The summed E-state index contributed by atoms with van der Waals surface area (Å²) in [6.45, 7) is 5.07. The van der Waals surface area contributed by atoms with E-state index in [2.05, 4.69) is 5.32 Å². The number of methoxy groups -OCH3 is 3. The molecular weight excluding hydrogens is 402 g/mol. The average molecular weight is 429 g/mol. The molecule has 1 amide bonds. The largest absolute Gasteiger partial charge is 0.493 e. The van der Waals surface area contributed by atoms with Crippen LogP contribution in [0.3, 0.4) is 0 Å². The molecule has 8 nitrogen and oxygen atoms in total. The number of amides is 1. The molecule has 0 radical (unpaired) electrons. The molecule has 2 rings (SSSR count). The molecular formula is C23H27NO7. The third kappa shape index (κ3) is 5.75. The van der Waals surface area contributed by atoms with Crippen LogP contribution in [0.5, 0.6) is 17.2 Å². The van der Waals surface area contributed by atoms with Crippen LogP contribution in [-0.2, 0) is 9.53 Å². The SMILES string of the molecule is COc1cc(C(=O)OC(C)C(=O)c2ccc(NC(=O)C(C)C)cc2)cc(OC)c1OC. The molecule has 0 heterocycles. The van der Waals surface area contributed by atoms with Gasteiger partial charge in [-0.3, -0.25) is 9.59 Å². The number of rotatable bonds is 9. The zero-order valence-corrected chi connectivity index (χ0v) is 18.5. The van der Waals surface area contributed by atoms with E-state index in [1.807, 2.05) is 0 Å². The van der Waals surface area contributed by atoms with Gasteiger partial charge in [0.15, 0.2) is 17.6 Å². The van der Waals surface area contributed by atoms with E-state index in [0.29, 0.717) is 28.5 Å². The normalized spacial score (nSPS) is 11.5. The fraction of sp³-hybridized carbons (Fsp3) is 0.348. The van der Waals surface area contributed by atoms with Gasteiger partial charge in [-0.25, -0.2) is 4.79 Å². The maximum Gasteiger partial charge on any atom is 0.339 e. The number of esters is 1. The van der Waals surface area contributed by atoms with E-state index in [9.17, 15) is 14.4 Å². The third-order valence-corrected chi connectivity index (χ3v) is 4.51. The number of benzene rings is 2. The Hall–Kier alpha value is -3.55. The van der Waals surface area contributed by atoms with E-state index in [1.54, 1.807) is 38.1 Å². The molecule has 166 valence electrons. The predicted octanol–water partition coefficient (Wildman–Crippen LogP) is 3.74. The average Bonchev–Trinajstić information content (AvgIpc) is 2.77. The highest BCUT2D eigenvalue weighted by Crippen LogP contribution is 2.38. The van der Waals surface area contributed by atoms with Crippen molar-refractivity contribution >= 4 is 23.3 Å². The molecule has 0 saturated carbocycles. The highest BCUT2D eigenvalue weighted by atomic mass is 16.5. The lowest BCUT2D eigenvalue weighted by Gasteiger charge is -2.16. The number of hydrogen-bond acceptors (Lipinski definition) is 7. The maximum atomic E-state index is 12.7. The van der Waals surface area contributed by atoms with E-state index in [1.165, 1.54) is 40.4 Å². The molecule has 31 heavy (non-hydrogen) atoms. The first-order valence-corrected chi connectivity index (χ1v) is 9.67. The quantitative estimate of drug-likeness (QED) is 0.479. The number of nitrogens with one attached hydrogen (secondary N) is 1. The van der Waals surface area contributed by atoms with Gasteiger partial charge in [-0.2, -0.15) is 0 Å². The van der Waals surface area contributed by atoms with Crippen LogP contribution in [0.2, 0.25) is 0 Å². The molecule has 0 aliphatic carbocycles. The molecule has 0 aromatic heterocycles. The minimum Gasteiger partial charge on any atom is -0.493 e. The molecule has 2 aromatic rings. The molecule has 1 unspecified atom stereocenters. The highest BCUT2D eigenvalue weighted by Gasteiger charge is 2.23. The molecule has 0 aliphatic heterocycles. The Labute approximate surface area is 181 Å². The fourth-order valence-electron chi connectivity index (χ4n) is 2.72. The smallest absolute Gasteiger partial charge is 0.339 e. The first-order chi connectivity index (χ1) is 14.7. The van der Waals surface area contributed by atoms with Gasteiger partial charge in [0.05, 0.1) is 26.9 Å². The molecule has 0 bridgehead atoms. The Balaban J connectivity index is 2.12. The summed E-state index contributed by atoms with van der Waals surface area (Å²) >= 11 is 0. The molecule has 2 aromatic carbocycles. The Bertz CT molecular complexity index is 926. The Kier molecular flexibility index (Phi) is 8.01. The molecule has 8 heteroatoms. The fourth-order valence-corrected chi connectivity index (χ4v) is 2.72. The molecule has 1 N–H and O–H groups in total. The standard InChI is InChI=1S/C23H27NO7/c1-13(2)22(26)24-17-9-7-15(8-10-17)20(25)14(3)31-23(27)16-11-18(28-4)21(30-6)19(12-16)29-5/h7-14H,1-6H3,(H,24,26). The van der Waals surface area contributed by atoms with Crippen molar-refractivity contribution in [1.82, 2.24) is 0 Å². The maximum absolute atomic E-state index is 12.7. The van der Waals surface area contributed by atoms with Crippen LogP contribution in [0.4, 0.5) is 5.69 Å². The van der Waals surface area contributed by atoms with E-state index >= 15 is 0 Å². The van der Waals surface area contributed by atoms with Crippen LogP contribution in [-0.4, -0.2) is 45.1 Å². The Morgan fingerprint density at radius 2 is 1.35 bits per heavy atom. The molecule has 0 aliphatic rings. The van der Waals surface area contributed by atoms with Gasteiger partial charge in [0.1, 0.15) is 0 Å². The van der Waals surface area contributed by atoms with Crippen LogP contribution < -0.4 is 19.5 Å². The first-order valence-electron chi connectivity index (χ1n) is 9.67. The van der Waals surface area contributed by atoms with Crippen molar-refractivity contribution in [2.45, 2.75) is 26.9 Å². The number of Topliss-reactive ketones (excluding diaryl/α,β-unsaturated/α-hetero) is 1. The summed E-state index contributed by atoms with van der Waals surface area (Å²) in [5.41, 5.74) is 1.09. The second-order valence-electron chi connectivity index (χ2n) is 7.05. The van der Waals surface area contributed by atoms with Gasteiger partial charge in [0.25, 0.3) is 0 Å². The summed E-state index contributed by atoms with van der Waals surface area (Å²) < 4.78 is 21.0. The lowest BCUT2D eigenvalue weighted by molar-refractivity contribution is -0.118. The number of ketones is 1. The summed E-state index contributed by atoms with van der Waals surface area (Å²) in [6, 6.07) is 9.30. The van der Waals surface area contributed by atoms with E-state index in [4.69, 9.17) is 18.9 Å². The number of hydrogen-bond donors (Lipinski definition) is 1. The van der Waals surface area contributed by atoms with Gasteiger partial charge in [0.2, 0.25) is 17.4 Å². The number of carbonyl (C=O) groups is 3. The number of carbonyl (C=O) groups excluding carboxylic acids is 3. The van der Waals surface area contributed by atoms with Gasteiger partial charge in [-0.05, 0) is 43.3 Å². The Morgan fingerprint density at radius 3 is 1.81 bits per heavy atom. The topological polar surface area (TPSA) is 100 Å². The number of anilines is 1. The zero-order chi connectivity index (χ0) is 23.1. The van der Waals surface area contributed by atoms with Gasteiger partial charge < -0.3 is 24.3 Å². The van der Waals surface area contributed by atoms with E-state index in [0.717, 1.165) is 0 Å². The summed E-state index contributed by atoms with van der Waals surface area (Å²) in [4.78, 5) is 37.0. The highest BCUT2D eigenvalue weighted by molar-refractivity contribution is 6.02. The first kappa shape index (κ1) is 23.7. The van der Waals surface area contributed by atoms with Crippen LogP contribution >= 0.6 is 0 Å². The lowest BCUT2D eigenvalue weighted by atomic mass is 10.1. The Morgan fingerprint density at radius 1 is 0.806 bits per heavy atom. The van der Waals surface area contributed by atoms with Gasteiger partial charge in [-0.15, -0.1) is 0 Å². The number of ether oxygens (including phenoxy) is 4. The van der Waals surface area contributed by atoms with Crippen molar-refractivity contribution in [1.29, 1.82) is 0 Å². The van der Waals surface area contributed by atoms with E-state index < -0.39 is 12.1 Å². The van der Waals surface area contributed by atoms with Gasteiger partial charge >= 0.3 is 5.97 Å². The predicted molar refractivity (Wildman–Crippen MR) is 115 cm³/mol. The summed E-state index contributed by atoms with van der Waals surface area (Å²) in [7, 11) is 4.33. The second-order valence-corrected chi connectivity index (χ2v) is 7.05. The van der Waals surface area contributed by atoms with Gasteiger partial charge in [0, 0.05) is 17.2 Å². The van der Waals surface area contributed by atoms with Crippen LogP contribution in [0.25, 0.3) is 0 Å². The van der Waals surface area contributed by atoms with Crippen molar-refractivity contribution < 1.29 is 33.3 Å². The third-order valence-electron chi connectivity index (χ3n) is 4.51. The van der Waals surface area contributed by atoms with E-state index in [-0.39, 0.29) is 23.2 Å². The molecule has 0 spiro atoms. The van der Waals surface area contributed by atoms with Gasteiger partial charge in [-0.1, -0.05) is 13.8 Å². The monoisotopic (exact) mass is 429 g/mol. The lowest BCUT2D eigenvalue weighted by Crippen LogP contribution is -2.24. The van der Waals surface area contributed by atoms with Crippen molar-refractivity contribution in [3.8, 4) is 17.2 Å². The molecule has 1 atom stereocenters. The summed E-state index contributed by atoms with van der Waals surface area (Å²) in [5, 5.41) is 2.75. The van der Waals surface area contributed by atoms with Crippen LogP contribution in [0.1, 0.15) is 41.5 Å². The van der Waals surface area contributed by atoms with Crippen molar-refractivity contribution in [3.05, 3.63) is 47.5 Å². The van der Waals surface area contributed by atoms with Crippen molar-refractivity contribution in [3.63, 3.8) is 0 Å². The van der Waals surface area contributed by atoms with Crippen molar-refractivity contribution in [2.75, 3.05) is 26.6 Å². The minimum atomic E-state index is -1.03. The van der Waals surface area contributed by atoms with Crippen LogP contribution in [0, 0.1) is 5.92 Å².